The van der Waals surface area contributed by atoms with Crippen molar-refractivity contribution in [1.29, 1.82) is 0 Å². The predicted octanol–water partition coefficient (Wildman–Crippen LogP) is 3.00. The van der Waals surface area contributed by atoms with Gasteiger partial charge in [-0.2, -0.15) is 0 Å². The summed E-state index contributed by atoms with van der Waals surface area (Å²) in [6.45, 7) is 6.99. The number of hydrogen-bond donors (Lipinski definition) is 4. The molecule has 1 fully saturated rings. The molecule has 0 amide bonds. The summed E-state index contributed by atoms with van der Waals surface area (Å²) in [5.41, 5.74) is 1.17. The van der Waals surface area contributed by atoms with E-state index in [4.69, 9.17) is 4.42 Å². The molecule has 2 aliphatic rings. The Morgan fingerprint density at radius 1 is 1.10 bits per heavy atom. The van der Waals surface area contributed by atoms with Crippen LogP contribution in [0.5, 0.6) is 11.5 Å². The first-order valence-corrected chi connectivity index (χ1v) is 10.5. The highest BCUT2D eigenvalue weighted by Crippen LogP contribution is 2.60. The molecule has 0 bridgehead atoms. The van der Waals surface area contributed by atoms with E-state index in [-0.39, 0.29) is 33.7 Å². The quantitative estimate of drug-likeness (QED) is 0.456. The van der Waals surface area contributed by atoms with Crippen LogP contribution in [0.2, 0.25) is 0 Å². The van der Waals surface area contributed by atoms with Crippen molar-refractivity contribution < 1.29 is 24.7 Å². The molecule has 2 aliphatic carbocycles. The second-order valence-electron chi connectivity index (χ2n) is 10.1. The summed E-state index contributed by atoms with van der Waals surface area (Å²) in [6, 6.07) is 1.57. The highest BCUT2D eigenvalue weighted by atomic mass is 16.4. The molecule has 1 saturated carbocycles. The molecule has 1 heterocycles. The van der Waals surface area contributed by atoms with Crippen LogP contribution in [-0.2, 0) is 5.41 Å². The molecule has 7 heteroatoms. The lowest BCUT2D eigenvalue weighted by Gasteiger charge is -2.50. The zero-order valence-corrected chi connectivity index (χ0v) is 18.0. The fourth-order valence-electron chi connectivity index (χ4n) is 6.39. The van der Waals surface area contributed by atoms with Gasteiger partial charge in [0.1, 0.15) is 11.3 Å². The Labute approximate surface area is 172 Å². The lowest BCUT2D eigenvalue weighted by atomic mass is 9.53. The topological polar surface area (TPSA) is 97.3 Å². The monoisotopic (exact) mass is 401 g/mol. The van der Waals surface area contributed by atoms with Gasteiger partial charge in [-0.1, -0.05) is 27.2 Å². The second kappa shape index (κ2) is 6.66. The minimum Gasteiger partial charge on any atom is -0.504 e. The third-order valence-electron chi connectivity index (χ3n) is 7.71. The van der Waals surface area contributed by atoms with Gasteiger partial charge in [0.15, 0.2) is 11.5 Å². The van der Waals surface area contributed by atoms with Gasteiger partial charge in [0.05, 0.1) is 11.5 Å². The summed E-state index contributed by atoms with van der Waals surface area (Å²) in [6.07, 6.45) is 5.33. The molecule has 0 aliphatic heterocycles. The van der Waals surface area contributed by atoms with Gasteiger partial charge in [-0.3, -0.25) is 4.90 Å². The number of furan rings is 1. The molecule has 1 aromatic heterocycles. The maximum atomic E-state index is 10.4. The number of rotatable bonds is 2. The normalized spacial score (nSPS) is 28.8. The molecule has 0 radical (unpaired) electrons. The largest absolute Gasteiger partial charge is 0.504 e. The van der Waals surface area contributed by atoms with Crippen molar-refractivity contribution in [3.05, 3.63) is 17.4 Å². The standard InChI is InChI=1S/C22H32BNO5/c1-21(2)9-6-10-22(3)15(21)8-7-13(24(4)5)20-16(22)12-11-14(25)18(26)17(23(27)28)19(12)29-20/h11,13,15,25-28H,6-10H2,1-5H3. The van der Waals surface area contributed by atoms with Gasteiger partial charge in [-0.15, -0.1) is 0 Å². The number of benzene rings is 1. The number of phenols is 2. The van der Waals surface area contributed by atoms with Gasteiger partial charge in [0, 0.05) is 10.9 Å². The van der Waals surface area contributed by atoms with Crippen molar-refractivity contribution in [2.24, 2.45) is 11.3 Å². The fourth-order valence-corrected chi connectivity index (χ4v) is 6.39. The van der Waals surface area contributed by atoms with Crippen LogP contribution >= 0.6 is 0 Å². The van der Waals surface area contributed by atoms with E-state index in [9.17, 15) is 20.3 Å². The Morgan fingerprint density at radius 3 is 2.41 bits per heavy atom. The number of fused-ring (bicyclic) bond motifs is 5. The lowest BCUT2D eigenvalue weighted by molar-refractivity contribution is 0.0484. The number of aromatic hydroxyl groups is 2. The summed E-state index contributed by atoms with van der Waals surface area (Å²) in [4.78, 5) is 2.14. The van der Waals surface area contributed by atoms with Crippen LogP contribution in [0, 0.1) is 11.3 Å². The summed E-state index contributed by atoms with van der Waals surface area (Å²) < 4.78 is 6.32. The molecule has 158 valence electrons. The van der Waals surface area contributed by atoms with Crippen LogP contribution < -0.4 is 5.46 Å². The van der Waals surface area contributed by atoms with Crippen LogP contribution in [0.25, 0.3) is 11.0 Å². The average molecular weight is 401 g/mol. The molecule has 29 heavy (non-hydrogen) atoms. The molecular weight excluding hydrogens is 369 g/mol. The van der Waals surface area contributed by atoms with Gasteiger partial charge < -0.3 is 24.7 Å². The van der Waals surface area contributed by atoms with Crippen LogP contribution in [-0.4, -0.2) is 46.4 Å². The Balaban J connectivity index is 2.10. The average Bonchev–Trinajstić information content (AvgIpc) is 2.89. The molecule has 2 aromatic rings. The van der Waals surface area contributed by atoms with Crippen molar-refractivity contribution in [3.8, 4) is 11.5 Å². The molecule has 4 N–H and O–H groups in total. The maximum absolute atomic E-state index is 10.4. The Kier molecular flexibility index (Phi) is 4.72. The van der Waals surface area contributed by atoms with Crippen molar-refractivity contribution >= 4 is 23.6 Å². The third-order valence-corrected chi connectivity index (χ3v) is 7.71. The zero-order valence-electron chi connectivity index (χ0n) is 18.0. The van der Waals surface area contributed by atoms with Crippen molar-refractivity contribution in [2.75, 3.05) is 14.1 Å². The van der Waals surface area contributed by atoms with E-state index in [1.165, 1.54) is 12.5 Å². The summed E-state index contributed by atoms with van der Waals surface area (Å²) in [5, 5.41) is 41.2. The number of hydrogen-bond acceptors (Lipinski definition) is 6. The second-order valence-corrected chi connectivity index (χ2v) is 10.1. The fraction of sp³-hybridized carbons (Fsp3) is 0.636. The van der Waals surface area contributed by atoms with E-state index in [2.05, 4.69) is 25.7 Å². The lowest BCUT2D eigenvalue weighted by Crippen LogP contribution is -2.44. The van der Waals surface area contributed by atoms with Gasteiger partial charge in [0.2, 0.25) is 0 Å². The SMILES string of the molecule is CN(C)C1CCC2C(C)(C)CCCC2(C)c2c1oc1c(B(O)O)c(O)c(O)cc21. The molecular formula is C22H32BNO5. The van der Waals surface area contributed by atoms with Gasteiger partial charge in [-0.05, 0) is 62.6 Å². The third kappa shape index (κ3) is 2.89. The Hall–Kier alpha value is -1.70. The number of nitrogens with zero attached hydrogens (tertiary/aromatic N) is 1. The summed E-state index contributed by atoms with van der Waals surface area (Å²) in [7, 11) is 2.12. The molecule has 0 saturated heterocycles. The highest BCUT2D eigenvalue weighted by molar-refractivity contribution is 6.63. The van der Waals surface area contributed by atoms with Gasteiger partial charge in [-0.25, -0.2) is 0 Å². The Bertz CT molecular complexity index is 951. The van der Waals surface area contributed by atoms with E-state index in [1.54, 1.807) is 0 Å². The predicted molar refractivity (Wildman–Crippen MR) is 114 cm³/mol. The molecule has 1 aromatic carbocycles. The molecule has 4 rings (SSSR count). The van der Waals surface area contributed by atoms with Crippen molar-refractivity contribution in [3.63, 3.8) is 0 Å². The summed E-state index contributed by atoms with van der Waals surface area (Å²) >= 11 is 0. The molecule has 6 nitrogen and oxygen atoms in total. The first-order chi connectivity index (χ1) is 13.5. The number of phenolic OH excluding ortho intramolecular Hbond substituents is 2. The smallest absolute Gasteiger partial charge is 0.496 e. The zero-order chi connectivity index (χ0) is 21.3. The van der Waals surface area contributed by atoms with Gasteiger partial charge >= 0.3 is 7.12 Å². The minimum absolute atomic E-state index is 0.0450. The Morgan fingerprint density at radius 2 is 1.79 bits per heavy atom. The van der Waals surface area contributed by atoms with Crippen LogP contribution in [0.15, 0.2) is 10.5 Å². The van der Waals surface area contributed by atoms with E-state index in [0.717, 1.165) is 37.0 Å². The maximum Gasteiger partial charge on any atom is 0.496 e. The minimum atomic E-state index is -1.94. The summed E-state index contributed by atoms with van der Waals surface area (Å²) in [5.74, 6) is 0.361. The molecule has 0 spiro atoms. The first kappa shape index (κ1) is 20.6. The molecule has 3 atom stereocenters. The molecule has 3 unspecified atom stereocenters. The van der Waals surface area contributed by atoms with Crippen LogP contribution in [0.4, 0.5) is 0 Å². The van der Waals surface area contributed by atoms with Crippen LogP contribution in [0.3, 0.4) is 0 Å². The highest BCUT2D eigenvalue weighted by Gasteiger charge is 2.52. The van der Waals surface area contributed by atoms with E-state index >= 15 is 0 Å². The van der Waals surface area contributed by atoms with E-state index < -0.39 is 12.9 Å². The van der Waals surface area contributed by atoms with E-state index in [0.29, 0.717) is 11.3 Å². The van der Waals surface area contributed by atoms with E-state index in [1.807, 2.05) is 14.1 Å². The van der Waals surface area contributed by atoms with Gasteiger partial charge in [0.25, 0.3) is 0 Å². The van der Waals surface area contributed by atoms with Crippen molar-refractivity contribution in [1.82, 2.24) is 4.90 Å². The first-order valence-electron chi connectivity index (χ1n) is 10.5. The van der Waals surface area contributed by atoms with Crippen LogP contribution in [0.1, 0.15) is 70.2 Å². The van der Waals surface area contributed by atoms with Crippen molar-refractivity contribution in [2.45, 2.75) is 64.3 Å².